The highest BCUT2D eigenvalue weighted by atomic mass is 127. The molecular weight excluding hydrogens is 468 g/mol. The van der Waals surface area contributed by atoms with E-state index in [-0.39, 0.29) is 29.9 Å². The van der Waals surface area contributed by atoms with Crippen LogP contribution in [0.25, 0.3) is 0 Å². The first-order valence-corrected chi connectivity index (χ1v) is 8.35. The number of hydrogen-bond acceptors (Lipinski definition) is 7. The summed E-state index contributed by atoms with van der Waals surface area (Å²) < 4.78 is 37.2. The number of hydrogen-bond donors (Lipinski definition) is 5. The second-order valence-electron chi connectivity index (χ2n) is 5.38. The number of aromatic nitrogens is 2. The minimum absolute atomic E-state index is 0.0514. The number of nitrogens with one attached hydrogen (secondary N) is 2. The fourth-order valence-corrected chi connectivity index (χ4v) is 2.96. The lowest BCUT2D eigenvalue weighted by molar-refractivity contribution is -0.115. The van der Waals surface area contributed by atoms with Crippen LogP contribution >= 0.6 is 34.2 Å². The number of halogens is 5. The monoisotopic (exact) mass is 482 g/mol. The maximum absolute atomic E-state index is 12.3. The Bertz CT molecular complexity index is 595. The van der Waals surface area contributed by atoms with Gasteiger partial charge in [0, 0.05) is 12.5 Å². The van der Waals surface area contributed by atoms with Crippen molar-refractivity contribution in [3.8, 4) is 0 Å². The molecule has 0 amide bonds. The molecule has 136 valence electrons. The molecule has 1 fully saturated rings. The second-order valence-corrected chi connectivity index (χ2v) is 6.82. The van der Waals surface area contributed by atoms with Crippen LogP contribution in [0.1, 0.15) is 6.42 Å². The molecule has 0 bridgehead atoms. The van der Waals surface area contributed by atoms with Gasteiger partial charge in [0.25, 0.3) is 0 Å². The lowest BCUT2D eigenvalue weighted by Gasteiger charge is -2.20. The van der Waals surface area contributed by atoms with Crippen LogP contribution in [0.2, 0.25) is 5.15 Å². The molecule has 0 saturated heterocycles. The largest absolute Gasteiger partial charge is 0.405 e. The van der Waals surface area contributed by atoms with Crippen LogP contribution < -0.4 is 10.6 Å². The van der Waals surface area contributed by atoms with E-state index in [2.05, 4.69) is 15.3 Å². The first-order valence-electron chi connectivity index (χ1n) is 6.89. The fourth-order valence-electron chi connectivity index (χ4n) is 2.40. The molecule has 0 unspecified atom stereocenters. The van der Waals surface area contributed by atoms with Crippen LogP contribution in [0.4, 0.5) is 24.9 Å². The van der Waals surface area contributed by atoms with Gasteiger partial charge in [0.1, 0.15) is 23.6 Å². The van der Waals surface area contributed by atoms with E-state index in [9.17, 15) is 23.4 Å². The maximum atomic E-state index is 12.3. The zero-order valence-corrected chi connectivity index (χ0v) is 15.0. The Morgan fingerprint density at radius 3 is 2.46 bits per heavy atom. The third kappa shape index (κ3) is 4.71. The standard InChI is InChI=1S/C12H15ClF3IN4O3/c13-9-6(17)10(21-11(20-9)18-3-12(14,15)16)19-5-1-4(2-22)7(23)8(5)24/h4-5,7-8,22-24H,1-3H2,(H2,18,19,20,21)/t4-,5-,7-,8+/m1/s1. The number of aliphatic hydroxyl groups excluding tert-OH is 3. The van der Waals surface area contributed by atoms with Gasteiger partial charge in [0.2, 0.25) is 5.95 Å². The van der Waals surface area contributed by atoms with E-state index in [1.165, 1.54) is 0 Å². The summed E-state index contributed by atoms with van der Waals surface area (Å²) >= 11 is 7.72. The molecule has 7 nitrogen and oxygen atoms in total. The van der Waals surface area contributed by atoms with E-state index >= 15 is 0 Å². The highest BCUT2D eigenvalue weighted by Crippen LogP contribution is 2.31. The minimum atomic E-state index is -4.44. The molecule has 0 aromatic carbocycles. The van der Waals surface area contributed by atoms with Gasteiger partial charge in [-0.3, -0.25) is 0 Å². The van der Waals surface area contributed by atoms with Gasteiger partial charge in [-0.15, -0.1) is 0 Å². The Kier molecular flexibility index (Phi) is 6.34. The van der Waals surface area contributed by atoms with Gasteiger partial charge in [-0.1, -0.05) is 11.6 Å². The lowest BCUT2D eigenvalue weighted by atomic mass is 10.1. The third-order valence-corrected chi connectivity index (χ3v) is 5.23. The number of aliphatic hydroxyl groups is 3. The van der Waals surface area contributed by atoms with Gasteiger partial charge in [-0.25, -0.2) is 0 Å². The predicted octanol–water partition coefficient (Wildman–Crippen LogP) is 1.22. The molecule has 1 aliphatic rings. The molecule has 5 N–H and O–H groups in total. The number of rotatable bonds is 5. The van der Waals surface area contributed by atoms with E-state index < -0.39 is 36.9 Å². The number of nitrogens with zero attached hydrogens (tertiary/aromatic N) is 2. The Balaban J connectivity index is 2.16. The summed E-state index contributed by atoms with van der Waals surface area (Å²) in [4.78, 5) is 7.65. The molecule has 1 aliphatic carbocycles. The van der Waals surface area contributed by atoms with Gasteiger partial charge in [0.15, 0.2) is 0 Å². The average Bonchev–Trinajstić information content (AvgIpc) is 2.77. The molecule has 1 heterocycles. The van der Waals surface area contributed by atoms with Crippen molar-refractivity contribution in [2.75, 3.05) is 23.8 Å². The summed E-state index contributed by atoms with van der Waals surface area (Å²) in [6, 6.07) is -0.632. The minimum Gasteiger partial charge on any atom is -0.396 e. The van der Waals surface area contributed by atoms with Crippen molar-refractivity contribution in [2.24, 2.45) is 5.92 Å². The van der Waals surface area contributed by atoms with Crippen molar-refractivity contribution in [1.29, 1.82) is 0 Å². The molecule has 1 aromatic heterocycles. The van der Waals surface area contributed by atoms with Crippen molar-refractivity contribution in [3.05, 3.63) is 8.72 Å². The number of alkyl halides is 3. The zero-order valence-electron chi connectivity index (χ0n) is 12.1. The summed E-state index contributed by atoms with van der Waals surface area (Å²) in [5.41, 5.74) is 0. The molecule has 0 spiro atoms. The van der Waals surface area contributed by atoms with Gasteiger partial charge >= 0.3 is 6.18 Å². The van der Waals surface area contributed by atoms with Crippen LogP contribution in [0, 0.1) is 9.49 Å². The molecule has 1 aromatic rings. The van der Waals surface area contributed by atoms with Crippen molar-refractivity contribution in [2.45, 2.75) is 30.8 Å². The molecule has 4 atom stereocenters. The highest BCUT2D eigenvalue weighted by molar-refractivity contribution is 14.1. The van der Waals surface area contributed by atoms with E-state index in [1.54, 1.807) is 0 Å². The van der Waals surface area contributed by atoms with E-state index in [4.69, 9.17) is 16.7 Å². The van der Waals surface area contributed by atoms with Gasteiger partial charge in [-0.2, -0.15) is 23.1 Å². The predicted molar refractivity (Wildman–Crippen MR) is 88.9 cm³/mol. The molecule has 0 radical (unpaired) electrons. The van der Waals surface area contributed by atoms with Gasteiger partial charge < -0.3 is 26.0 Å². The second kappa shape index (κ2) is 7.72. The Labute approximate surface area is 153 Å². The average molecular weight is 483 g/mol. The number of anilines is 2. The van der Waals surface area contributed by atoms with Gasteiger partial charge in [0.05, 0.1) is 15.7 Å². The van der Waals surface area contributed by atoms with Crippen LogP contribution in [-0.4, -0.2) is 62.9 Å². The van der Waals surface area contributed by atoms with Crippen molar-refractivity contribution < 1.29 is 28.5 Å². The topological polar surface area (TPSA) is 111 Å². The Morgan fingerprint density at radius 2 is 1.92 bits per heavy atom. The maximum Gasteiger partial charge on any atom is 0.405 e. The Hall–Kier alpha value is -0.630. The molecule has 2 rings (SSSR count). The van der Waals surface area contributed by atoms with Crippen LogP contribution in [-0.2, 0) is 0 Å². The molecular formula is C12H15ClF3IN4O3. The summed E-state index contributed by atoms with van der Waals surface area (Å²) in [5, 5.41) is 33.8. The van der Waals surface area contributed by atoms with Crippen molar-refractivity contribution in [1.82, 2.24) is 9.97 Å². The molecule has 0 aliphatic heterocycles. The first kappa shape index (κ1) is 19.7. The summed E-state index contributed by atoms with van der Waals surface area (Å²) in [6.07, 6.45) is -6.43. The van der Waals surface area contributed by atoms with Crippen LogP contribution in [0.5, 0.6) is 0 Å². The first-order chi connectivity index (χ1) is 11.1. The van der Waals surface area contributed by atoms with Gasteiger partial charge in [-0.05, 0) is 29.0 Å². The van der Waals surface area contributed by atoms with E-state index in [0.29, 0.717) is 3.57 Å². The third-order valence-electron chi connectivity index (χ3n) is 3.62. The van der Waals surface area contributed by atoms with E-state index in [0.717, 1.165) is 0 Å². The molecule has 24 heavy (non-hydrogen) atoms. The summed E-state index contributed by atoms with van der Waals surface area (Å²) in [6.45, 7) is -1.61. The summed E-state index contributed by atoms with van der Waals surface area (Å²) in [5.74, 6) is -0.683. The summed E-state index contributed by atoms with van der Waals surface area (Å²) in [7, 11) is 0. The normalized spacial score (nSPS) is 27.3. The quantitative estimate of drug-likeness (QED) is 0.317. The zero-order chi connectivity index (χ0) is 18.1. The van der Waals surface area contributed by atoms with E-state index in [1.807, 2.05) is 27.9 Å². The van der Waals surface area contributed by atoms with Crippen molar-refractivity contribution >= 4 is 46.0 Å². The van der Waals surface area contributed by atoms with Crippen molar-refractivity contribution in [3.63, 3.8) is 0 Å². The molecule has 12 heteroatoms. The Morgan fingerprint density at radius 1 is 1.25 bits per heavy atom. The molecule has 1 saturated carbocycles. The highest BCUT2D eigenvalue weighted by Gasteiger charge is 2.41. The van der Waals surface area contributed by atoms with Crippen LogP contribution in [0.15, 0.2) is 0 Å². The fraction of sp³-hybridized carbons (Fsp3) is 0.667. The van der Waals surface area contributed by atoms with Crippen LogP contribution in [0.3, 0.4) is 0 Å². The SMILES string of the molecule is OC[C@H]1C[C@@H](Nc2nc(NCC(F)(F)F)nc(Cl)c2I)[C@H](O)[C@@H]1O. The lowest BCUT2D eigenvalue weighted by Crippen LogP contribution is -2.36. The smallest absolute Gasteiger partial charge is 0.396 e.